The molecule has 0 heterocycles. The van der Waals surface area contributed by atoms with Crippen LogP contribution >= 0.6 is 0 Å². The van der Waals surface area contributed by atoms with Crippen LogP contribution in [0.5, 0.6) is 0 Å². The van der Waals surface area contributed by atoms with Crippen LogP contribution in [0.3, 0.4) is 0 Å². The number of carboxylic acids is 1. The van der Waals surface area contributed by atoms with Gasteiger partial charge in [-0.05, 0) is 17.7 Å². The predicted octanol–water partition coefficient (Wildman–Crippen LogP) is 0.00150. The largest absolute Gasteiger partial charge is 0.481 e. The number of halogens is 1. The molecule has 2 N–H and O–H groups in total. The molecule has 0 aromatic heterocycles. The number of benzene rings is 1. The van der Waals surface area contributed by atoms with Crippen LogP contribution in [-0.2, 0) is 19.6 Å². The van der Waals surface area contributed by atoms with Gasteiger partial charge in [-0.1, -0.05) is 12.1 Å². The molecule has 1 aromatic carbocycles. The number of aliphatic carboxylic acids is 1. The zero-order chi connectivity index (χ0) is 16.9. The molecule has 9 heteroatoms. The fourth-order valence-corrected chi connectivity index (χ4v) is 1.99. The highest BCUT2D eigenvalue weighted by Crippen LogP contribution is 2.16. The lowest BCUT2D eigenvalue weighted by Gasteiger charge is -2.16. The predicted molar refractivity (Wildman–Crippen MR) is 77.3 cm³/mol. The second-order valence-corrected chi connectivity index (χ2v) is 6.85. The average molecular weight is 332 g/mol. The molecule has 1 amide bonds. The Morgan fingerprint density at radius 2 is 1.86 bits per heavy atom. The number of nitrogens with one attached hydrogen (secondary N) is 1. The van der Waals surface area contributed by atoms with Gasteiger partial charge in [0.25, 0.3) is 0 Å². The Bertz CT molecular complexity index is 645. The normalized spacial score (nSPS) is 12.9. The number of hydrogen-bond donors (Lipinski definition) is 2. The van der Waals surface area contributed by atoms with Crippen LogP contribution < -0.4 is 5.32 Å². The van der Waals surface area contributed by atoms with Gasteiger partial charge in [0.05, 0.1) is 18.7 Å². The van der Waals surface area contributed by atoms with Crippen molar-refractivity contribution in [2.45, 2.75) is 5.92 Å². The molecule has 0 spiro atoms. The van der Waals surface area contributed by atoms with Gasteiger partial charge in [0, 0.05) is 13.6 Å². The van der Waals surface area contributed by atoms with Crippen LogP contribution in [0.4, 0.5) is 4.39 Å². The lowest BCUT2D eigenvalue weighted by atomic mass is 9.99. The van der Waals surface area contributed by atoms with Crippen LogP contribution in [0.25, 0.3) is 0 Å². The fourth-order valence-electron chi connectivity index (χ4n) is 1.63. The fraction of sp³-hybridized carbons (Fsp3) is 0.385. The maximum atomic E-state index is 12.8. The number of amides is 1. The molecular weight excluding hydrogens is 315 g/mol. The van der Waals surface area contributed by atoms with E-state index in [-0.39, 0.29) is 6.54 Å². The Kier molecular flexibility index (Phi) is 6.01. The van der Waals surface area contributed by atoms with Crippen LogP contribution in [0.15, 0.2) is 24.3 Å². The Morgan fingerprint density at radius 3 is 2.32 bits per heavy atom. The minimum absolute atomic E-state index is 0.225. The summed E-state index contributed by atoms with van der Waals surface area (Å²) >= 11 is 0. The summed E-state index contributed by atoms with van der Waals surface area (Å²) in [5, 5.41) is 11.5. The van der Waals surface area contributed by atoms with E-state index < -0.39 is 40.2 Å². The lowest BCUT2D eigenvalue weighted by Crippen LogP contribution is -2.40. The Balaban J connectivity index is 2.68. The van der Waals surface area contributed by atoms with Crippen molar-refractivity contribution in [3.63, 3.8) is 0 Å². The molecule has 7 nitrogen and oxygen atoms in total. The molecule has 22 heavy (non-hydrogen) atoms. The number of hydrogen-bond acceptors (Lipinski definition) is 4. The molecule has 0 radical (unpaired) electrons. The summed E-state index contributed by atoms with van der Waals surface area (Å²) in [5.74, 6) is -3.34. The maximum absolute atomic E-state index is 12.8. The van der Waals surface area contributed by atoms with Crippen molar-refractivity contribution in [1.82, 2.24) is 9.62 Å². The van der Waals surface area contributed by atoms with Crippen molar-refractivity contribution in [3.8, 4) is 0 Å². The van der Waals surface area contributed by atoms with Gasteiger partial charge >= 0.3 is 5.97 Å². The Labute approximate surface area is 127 Å². The second kappa shape index (κ2) is 7.32. The van der Waals surface area contributed by atoms with E-state index in [2.05, 4.69) is 5.32 Å². The molecular formula is C13H17FN2O5S. The smallest absolute Gasteiger partial charge is 0.312 e. The Morgan fingerprint density at radius 1 is 1.32 bits per heavy atom. The first kappa shape index (κ1) is 18.1. The third kappa shape index (κ3) is 5.41. The minimum Gasteiger partial charge on any atom is -0.481 e. The van der Waals surface area contributed by atoms with E-state index in [0.29, 0.717) is 5.56 Å². The summed E-state index contributed by atoms with van der Waals surface area (Å²) < 4.78 is 36.0. The Hall–Kier alpha value is -2.00. The maximum Gasteiger partial charge on any atom is 0.312 e. The number of carbonyl (C=O) groups excluding carboxylic acids is 1. The van der Waals surface area contributed by atoms with E-state index in [1.54, 1.807) is 0 Å². The zero-order valence-electron chi connectivity index (χ0n) is 12.1. The van der Waals surface area contributed by atoms with Crippen LogP contribution in [-0.4, -0.2) is 56.1 Å². The van der Waals surface area contributed by atoms with Crippen molar-refractivity contribution in [3.05, 3.63) is 35.6 Å². The molecule has 0 aliphatic heterocycles. The van der Waals surface area contributed by atoms with Gasteiger partial charge in [0.1, 0.15) is 5.82 Å². The van der Waals surface area contributed by atoms with Gasteiger partial charge in [-0.15, -0.1) is 0 Å². The number of carboxylic acid groups (broad SMARTS) is 1. The van der Waals surface area contributed by atoms with Crippen molar-refractivity contribution in [2.24, 2.45) is 0 Å². The topological polar surface area (TPSA) is 104 Å². The summed E-state index contributed by atoms with van der Waals surface area (Å²) in [7, 11) is -2.26. The molecule has 0 saturated carbocycles. The van der Waals surface area contributed by atoms with Gasteiger partial charge in [0.2, 0.25) is 15.9 Å². The van der Waals surface area contributed by atoms with Crippen molar-refractivity contribution >= 4 is 21.9 Å². The zero-order valence-corrected chi connectivity index (χ0v) is 12.9. The summed E-state index contributed by atoms with van der Waals surface area (Å²) in [5.41, 5.74) is 0.339. The number of sulfonamides is 1. The van der Waals surface area contributed by atoms with E-state index in [4.69, 9.17) is 5.11 Å². The first-order valence-electron chi connectivity index (χ1n) is 6.27. The molecule has 1 aromatic rings. The molecule has 1 rings (SSSR count). The molecule has 122 valence electrons. The van der Waals surface area contributed by atoms with Crippen molar-refractivity contribution in [2.75, 3.05) is 26.4 Å². The monoisotopic (exact) mass is 332 g/mol. The third-order valence-electron chi connectivity index (χ3n) is 3.01. The van der Waals surface area contributed by atoms with E-state index in [0.717, 1.165) is 22.7 Å². The highest BCUT2D eigenvalue weighted by molar-refractivity contribution is 7.88. The molecule has 0 fully saturated rings. The minimum atomic E-state index is -3.50. The average Bonchev–Trinajstić information content (AvgIpc) is 2.39. The van der Waals surface area contributed by atoms with Gasteiger partial charge in [0.15, 0.2) is 0 Å². The summed E-state index contributed by atoms with van der Waals surface area (Å²) in [4.78, 5) is 22.9. The quantitative estimate of drug-likeness (QED) is 0.731. The molecule has 0 saturated heterocycles. The lowest BCUT2D eigenvalue weighted by molar-refractivity contribution is -0.138. The van der Waals surface area contributed by atoms with Crippen molar-refractivity contribution in [1.29, 1.82) is 0 Å². The summed E-state index contributed by atoms with van der Waals surface area (Å²) in [6.07, 6.45) is 0.957. The molecule has 0 aliphatic carbocycles. The molecule has 0 aliphatic rings. The van der Waals surface area contributed by atoms with E-state index >= 15 is 0 Å². The highest BCUT2D eigenvalue weighted by atomic mass is 32.2. The van der Waals surface area contributed by atoms with E-state index in [1.807, 2.05) is 0 Å². The summed E-state index contributed by atoms with van der Waals surface area (Å²) in [6, 6.07) is 4.90. The number of nitrogens with zero attached hydrogens (tertiary/aromatic N) is 1. The third-order valence-corrected chi connectivity index (χ3v) is 4.27. The van der Waals surface area contributed by atoms with E-state index in [1.165, 1.54) is 19.2 Å². The molecule has 1 unspecified atom stereocenters. The van der Waals surface area contributed by atoms with E-state index in [9.17, 15) is 22.4 Å². The molecule has 0 bridgehead atoms. The SMILES string of the molecule is CN(CC(=O)NCC(C(=O)O)c1ccc(F)cc1)S(C)(=O)=O. The van der Waals surface area contributed by atoms with Gasteiger partial charge in [-0.2, -0.15) is 4.31 Å². The van der Waals surface area contributed by atoms with Crippen LogP contribution in [0.1, 0.15) is 11.5 Å². The van der Waals surface area contributed by atoms with Gasteiger partial charge < -0.3 is 10.4 Å². The number of carbonyl (C=O) groups is 2. The summed E-state index contributed by atoms with van der Waals surface area (Å²) in [6.45, 7) is -0.633. The standard InChI is InChI=1S/C13H17FN2O5S/c1-16(22(2,20)21)8-12(17)15-7-11(13(18)19)9-3-5-10(14)6-4-9/h3-6,11H,7-8H2,1-2H3,(H,15,17)(H,18,19). The molecule has 1 atom stereocenters. The highest BCUT2D eigenvalue weighted by Gasteiger charge is 2.22. The first-order chi connectivity index (χ1) is 10.1. The van der Waals surface area contributed by atoms with Crippen LogP contribution in [0, 0.1) is 5.82 Å². The number of likely N-dealkylation sites (N-methyl/N-ethyl adjacent to an activating group) is 1. The van der Waals surface area contributed by atoms with Gasteiger partial charge in [-0.3, -0.25) is 9.59 Å². The first-order valence-corrected chi connectivity index (χ1v) is 8.12. The van der Waals surface area contributed by atoms with Gasteiger partial charge in [-0.25, -0.2) is 12.8 Å². The second-order valence-electron chi connectivity index (χ2n) is 4.77. The van der Waals surface area contributed by atoms with Crippen LogP contribution in [0.2, 0.25) is 0 Å². The van der Waals surface area contributed by atoms with Crippen molar-refractivity contribution < 1.29 is 27.5 Å². The number of rotatable bonds is 7.